The third-order valence-electron chi connectivity index (χ3n) is 3.00. The smallest absolute Gasteiger partial charge is 0.0766 e. The summed E-state index contributed by atoms with van der Waals surface area (Å²) in [4.78, 5) is 6.32. The van der Waals surface area contributed by atoms with E-state index in [-0.39, 0.29) is 0 Å². The summed E-state index contributed by atoms with van der Waals surface area (Å²) in [5.74, 6) is 1.26. The summed E-state index contributed by atoms with van der Waals surface area (Å²) in [7, 11) is 4.13. The number of nitrogens with zero attached hydrogens (tertiary/aromatic N) is 2. The van der Waals surface area contributed by atoms with Gasteiger partial charge in [-0.1, -0.05) is 6.92 Å². The molecule has 1 fully saturated rings. The standard InChI is InChI=1S/C12H19N3S/c1-9-10(5-7-16-9)14-11-8-13-6-4-12(11)15(2)3/h4,6,8-10,14H,5,7H2,1-3H3. The van der Waals surface area contributed by atoms with Gasteiger partial charge in [-0.3, -0.25) is 4.98 Å². The van der Waals surface area contributed by atoms with Crippen molar-refractivity contribution in [3.63, 3.8) is 0 Å². The van der Waals surface area contributed by atoms with Crippen LogP contribution in [-0.2, 0) is 0 Å². The molecule has 1 aromatic rings. The predicted molar refractivity (Wildman–Crippen MR) is 72.5 cm³/mol. The minimum absolute atomic E-state index is 0.577. The summed E-state index contributed by atoms with van der Waals surface area (Å²) in [6, 6.07) is 2.63. The molecule has 16 heavy (non-hydrogen) atoms. The van der Waals surface area contributed by atoms with Gasteiger partial charge in [0.2, 0.25) is 0 Å². The van der Waals surface area contributed by atoms with E-state index in [1.54, 1.807) is 0 Å². The molecule has 1 aliphatic rings. The van der Waals surface area contributed by atoms with Crippen molar-refractivity contribution in [3.05, 3.63) is 18.5 Å². The summed E-state index contributed by atoms with van der Waals surface area (Å²) >= 11 is 2.04. The van der Waals surface area contributed by atoms with Crippen molar-refractivity contribution >= 4 is 23.1 Å². The molecule has 4 heteroatoms. The molecule has 0 amide bonds. The summed E-state index contributed by atoms with van der Waals surface area (Å²) in [6.07, 6.45) is 5.01. The topological polar surface area (TPSA) is 28.2 Å². The van der Waals surface area contributed by atoms with Crippen LogP contribution in [0.2, 0.25) is 0 Å². The van der Waals surface area contributed by atoms with E-state index in [9.17, 15) is 0 Å². The number of nitrogens with one attached hydrogen (secondary N) is 1. The van der Waals surface area contributed by atoms with Crippen molar-refractivity contribution in [2.45, 2.75) is 24.6 Å². The molecule has 1 saturated heterocycles. The molecule has 2 atom stereocenters. The predicted octanol–water partition coefficient (Wildman–Crippen LogP) is 2.45. The molecule has 0 spiro atoms. The second-order valence-electron chi connectivity index (χ2n) is 4.40. The van der Waals surface area contributed by atoms with Crippen molar-refractivity contribution < 1.29 is 0 Å². The zero-order chi connectivity index (χ0) is 11.5. The van der Waals surface area contributed by atoms with Crippen molar-refractivity contribution in [2.75, 3.05) is 30.1 Å². The number of rotatable bonds is 3. The zero-order valence-electron chi connectivity index (χ0n) is 10.1. The Labute approximate surface area is 102 Å². The Morgan fingerprint density at radius 3 is 2.94 bits per heavy atom. The van der Waals surface area contributed by atoms with Crippen molar-refractivity contribution in [3.8, 4) is 0 Å². The zero-order valence-corrected chi connectivity index (χ0v) is 10.9. The molecule has 2 rings (SSSR count). The van der Waals surface area contributed by atoms with Gasteiger partial charge in [0, 0.05) is 31.6 Å². The first kappa shape index (κ1) is 11.6. The SMILES string of the molecule is CC1SCCC1Nc1cnccc1N(C)C. The fourth-order valence-electron chi connectivity index (χ4n) is 2.01. The highest BCUT2D eigenvalue weighted by Crippen LogP contribution is 2.31. The van der Waals surface area contributed by atoms with Crippen LogP contribution < -0.4 is 10.2 Å². The van der Waals surface area contributed by atoms with Gasteiger partial charge in [-0.05, 0) is 18.2 Å². The highest BCUT2D eigenvalue weighted by molar-refractivity contribution is 8.00. The Balaban J connectivity index is 2.14. The van der Waals surface area contributed by atoms with E-state index < -0.39 is 0 Å². The van der Waals surface area contributed by atoms with Crippen LogP contribution in [-0.4, -0.2) is 36.1 Å². The van der Waals surface area contributed by atoms with Gasteiger partial charge in [-0.15, -0.1) is 0 Å². The van der Waals surface area contributed by atoms with Crippen LogP contribution in [0.3, 0.4) is 0 Å². The second-order valence-corrected chi connectivity index (χ2v) is 5.89. The van der Waals surface area contributed by atoms with Gasteiger partial charge >= 0.3 is 0 Å². The van der Waals surface area contributed by atoms with Crippen molar-refractivity contribution in [1.29, 1.82) is 0 Å². The van der Waals surface area contributed by atoms with E-state index in [4.69, 9.17) is 0 Å². The first-order valence-electron chi connectivity index (χ1n) is 5.68. The van der Waals surface area contributed by atoms with Gasteiger partial charge in [0.05, 0.1) is 17.6 Å². The first-order chi connectivity index (χ1) is 7.68. The van der Waals surface area contributed by atoms with Crippen LogP contribution in [0.4, 0.5) is 11.4 Å². The maximum absolute atomic E-state index is 4.20. The number of thioether (sulfide) groups is 1. The van der Waals surface area contributed by atoms with Crippen LogP contribution in [0.5, 0.6) is 0 Å². The van der Waals surface area contributed by atoms with E-state index in [2.05, 4.69) is 42.3 Å². The van der Waals surface area contributed by atoms with E-state index in [1.807, 2.05) is 24.2 Å². The Hall–Kier alpha value is -0.900. The monoisotopic (exact) mass is 237 g/mol. The quantitative estimate of drug-likeness (QED) is 0.874. The molecule has 1 N–H and O–H groups in total. The Kier molecular flexibility index (Phi) is 3.59. The van der Waals surface area contributed by atoms with E-state index in [1.165, 1.54) is 17.9 Å². The lowest BCUT2D eigenvalue weighted by atomic mass is 10.1. The van der Waals surface area contributed by atoms with Gasteiger partial charge in [0.25, 0.3) is 0 Å². The molecule has 3 nitrogen and oxygen atoms in total. The molecule has 2 heterocycles. The lowest BCUT2D eigenvalue weighted by Gasteiger charge is -2.22. The fraction of sp³-hybridized carbons (Fsp3) is 0.583. The van der Waals surface area contributed by atoms with Crippen LogP contribution in [0, 0.1) is 0 Å². The summed E-state index contributed by atoms with van der Waals surface area (Å²) in [6.45, 7) is 2.29. The lowest BCUT2D eigenvalue weighted by molar-refractivity contribution is 0.723. The summed E-state index contributed by atoms with van der Waals surface area (Å²) in [5, 5.41) is 4.31. The number of hydrogen-bond donors (Lipinski definition) is 1. The van der Waals surface area contributed by atoms with Gasteiger partial charge in [0.15, 0.2) is 0 Å². The van der Waals surface area contributed by atoms with E-state index in [0.717, 1.165) is 5.69 Å². The van der Waals surface area contributed by atoms with Crippen molar-refractivity contribution in [1.82, 2.24) is 4.98 Å². The van der Waals surface area contributed by atoms with E-state index >= 15 is 0 Å². The maximum Gasteiger partial charge on any atom is 0.0766 e. The van der Waals surface area contributed by atoms with Gasteiger partial charge in [0.1, 0.15) is 0 Å². The average molecular weight is 237 g/mol. The molecule has 88 valence electrons. The average Bonchev–Trinajstić information content (AvgIpc) is 2.65. The lowest BCUT2D eigenvalue weighted by Crippen LogP contribution is -2.26. The molecule has 1 aromatic heterocycles. The molecule has 0 bridgehead atoms. The van der Waals surface area contributed by atoms with Gasteiger partial charge in [-0.25, -0.2) is 0 Å². The second kappa shape index (κ2) is 4.95. The Morgan fingerprint density at radius 2 is 2.31 bits per heavy atom. The third-order valence-corrected chi connectivity index (χ3v) is 4.32. The molecular weight excluding hydrogens is 218 g/mol. The number of hydrogen-bond acceptors (Lipinski definition) is 4. The largest absolute Gasteiger partial charge is 0.378 e. The number of aromatic nitrogens is 1. The van der Waals surface area contributed by atoms with E-state index in [0.29, 0.717) is 11.3 Å². The molecular formula is C12H19N3S. The normalized spacial score (nSPS) is 24.4. The molecule has 0 radical (unpaired) electrons. The fourth-order valence-corrected chi connectivity index (χ4v) is 3.21. The van der Waals surface area contributed by atoms with Gasteiger partial charge in [-0.2, -0.15) is 11.8 Å². The third kappa shape index (κ3) is 2.43. The molecule has 2 unspecified atom stereocenters. The van der Waals surface area contributed by atoms with Crippen LogP contribution in [0.1, 0.15) is 13.3 Å². The first-order valence-corrected chi connectivity index (χ1v) is 6.73. The number of anilines is 2. The summed E-state index contributed by atoms with van der Waals surface area (Å²) < 4.78 is 0. The Bertz CT molecular complexity index is 354. The Morgan fingerprint density at radius 1 is 1.50 bits per heavy atom. The minimum Gasteiger partial charge on any atom is -0.378 e. The highest BCUT2D eigenvalue weighted by Gasteiger charge is 2.24. The molecule has 0 aromatic carbocycles. The molecule has 0 saturated carbocycles. The van der Waals surface area contributed by atoms with Crippen LogP contribution in [0.25, 0.3) is 0 Å². The molecule has 1 aliphatic heterocycles. The highest BCUT2D eigenvalue weighted by atomic mass is 32.2. The van der Waals surface area contributed by atoms with Crippen LogP contribution >= 0.6 is 11.8 Å². The minimum atomic E-state index is 0.577. The molecule has 0 aliphatic carbocycles. The maximum atomic E-state index is 4.20. The van der Waals surface area contributed by atoms with Crippen LogP contribution in [0.15, 0.2) is 18.5 Å². The number of pyridine rings is 1. The van der Waals surface area contributed by atoms with Gasteiger partial charge < -0.3 is 10.2 Å². The van der Waals surface area contributed by atoms with Crippen molar-refractivity contribution in [2.24, 2.45) is 0 Å². The summed E-state index contributed by atoms with van der Waals surface area (Å²) in [5.41, 5.74) is 2.35.